The van der Waals surface area contributed by atoms with Crippen LogP contribution in [0.25, 0.3) is 10.9 Å². The molecule has 1 aromatic heterocycles. The van der Waals surface area contributed by atoms with Crippen LogP contribution in [0.4, 0.5) is 13.2 Å². The summed E-state index contributed by atoms with van der Waals surface area (Å²) in [6.45, 7) is 0.787. The zero-order chi connectivity index (χ0) is 23.3. The Labute approximate surface area is 181 Å². The van der Waals surface area contributed by atoms with Gasteiger partial charge in [0.25, 0.3) is 5.91 Å². The third kappa shape index (κ3) is 5.87. The summed E-state index contributed by atoms with van der Waals surface area (Å²) in [5.74, 6) is -1.23. The number of carbonyl (C=O) groups excluding carboxylic acids is 2. The highest BCUT2D eigenvalue weighted by atomic mass is 19.4. The second kappa shape index (κ2) is 9.54. The van der Waals surface area contributed by atoms with Crippen molar-refractivity contribution in [2.45, 2.75) is 19.8 Å². The van der Waals surface area contributed by atoms with Crippen LogP contribution in [0.5, 0.6) is 11.5 Å². The van der Waals surface area contributed by atoms with Crippen LogP contribution >= 0.6 is 0 Å². The lowest BCUT2D eigenvalue weighted by atomic mass is 10.1. The van der Waals surface area contributed by atoms with E-state index >= 15 is 0 Å². The number of halogens is 3. The van der Waals surface area contributed by atoms with E-state index in [-0.39, 0.29) is 17.7 Å². The van der Waals surface area contributed by atoms with Gasteiger partial charge in [0.15, 0.2) is 6.61 Å². The van der Waals surface area contributed by atoms with Crippen molar-refractivity contribution in [3.63, 3.8) is 0 Å². The first kappa shape index (κ1) is 22.9. The first-order valence-corrected chi connectivity index (χ1v) is 9.39. The van der Waals surface area contributed by atoms with Crippen molar-refractivity contribution in [2.24, 2.45) is 0 Å². The predicted octanol–water partition coefficient (Wildman–Crippen LogP) is 3.92. The molecule has 0 aliphatic heterocycles. The lowest BCUT2D eigenvalue weighted by Gasteiger charge is -2.13. The summed E-state index contributed by atoms with van der Waals surface area (Å²) in [5, 5.41) is 3.08. The molecule has 2 aromatic carbocycles. The van der Waals surface area contributed by atoms with Gasteiger partial charge in [-0.25, -0.2) is 4.79 Å². The first-order valence-electron chi connectivity index (χ1n) is 9.39. The Morgan fingerprint density at radius 1 is 1.09 bits per heavy atom. The van der Waals surface area contributed by atoms with E-state index in [1.807, 2.05) is 0 Å². The lowest BCUT2D eigenvalue weighted by molar-refractivity contribution is -0.274. The Balaban J connectivity index is 1.60. The molecule has 168 valence electrons. The number of pyridine rings is 1. The number of benzene rings is 2. The molecular weight excluding hydrogens is 429 g/mol. The zero-order valence-electron chi connectivity index (χ0n) is 17.2. The molecule has 1 heterocycles. The van der Waals surface area contributed by atoms with E-state index in [2.05, 4.69) is 15.0 Å². The maximum Gasteiger partial charge on any atom is 0.573 e. The summed E-state index contributed by atoms with van der Waals surface area (Å²) >= 11 is 0. The summed E-state index contributed by atoms with van der Waals surface area (Å²) in [5.41, 5.74) is 1.36. The molecule has 0 unspecified atom stereocenters. The van der Waals surface area contributed by atoms with E-state index in [0.29, 0.717) is 22.3 Å². The van der Waals surface area contributed by atoms with E-state index in [1.165, 1.54) is 25.3 Å². The van der Waals surface area contributed by atoms with Gasteiger partial charge in [0.1, 0.15) is 11.5 Å². The molecule has 0 saturated heterocycles. The number of methoxy groups -OCH3 is 1. The van der Waals surface area contributed by atoms with Gasteiger partial charge in [0.05, 0.1) is 23.9 Å². The fourth-order valence-corrected chi connectivity index (χ4v) is 2.90. The highest BCUT2D eigenvalue weighted by Crippen LogP contribution is 2.26. The maximum atomic E-state index is 12.5. The third-order valence-electron chi connectivity index (χ3n) is 4.44. The molecule has 32 heavy (non-hydrogen) atoms. The minimum atomic E-state index is -4.85. The smallest absolute Gasteiger partial charge is 0.497 e. The number of nitrogens with zero attached hydrogens (tertiary/aromatic N) is 1. The highest BCUT2D eigenvalue weighted by molar-refractivity contribution is 5.96. The number of carbonyl (C=O) groups is 2. The SMILES string of the molecule is COc1ccc2cc(C(=O)OCC(=O)NCc3ccccc3OC(F)(F)F)c(C)nc2c1. The number of nitrogens with one attached hydrogen (secondary N) is 1. The number of hydrogen-bond donors (Lipinski definition) is 1. The number of fused-ring (bicyclic) bond motifs is 1. The molecule has 1 amide bonds. The van der Waals surface area contributed by atoms with Crippen molar-refractivity contribution in [1.82, 2.24) is 10.3 Å². The normalized spacial score (nSPS) is 11.2. The van der Waals surface area contributed by atoms with Crippen LogP contribution in [0.15, 0.2) is 48.5 Å². The van der Waals surface area contributed by atoms with Crippen LogP contribution in [-0.2, 0) is 16.1 Å². The fourth-order valence-electron chi connectivity index (χ4n) is 2.90. The number of aryl methyl sites for hydroxylation is 1. The molecule has 0 saturated carbocycles. The van der Waals surface area contributed by atoms with E-state index in [0.717, 1.165) is 6.07 Å². The molecule has 3 rings (SSSR count). The number of alkyl halides is 3. The second-order valence-corrected chi connectivity index (χ2v) is 6.69. The quantitative estimate of drug-likeness (QED) is 0.552. The molecule has 1 N–H and O–H groups in total. The molecule has 0 atom stereocenters. The van der Waals surface area contributed by atoms with Crippen LogP contribution in [0.2, 0.25) is 0 Å². The van der Waals surface area contributed by atoms with E-state index < -0.39 is 30.6 Å². The van der Waals surface area contributed by atoms with Crippen molar-refractivity contribution < 1.29 is 37.0 Å². The average molecular weight is 448 g/mol. The summed E-state index contributed by atoms with van der Waals surface area (Å²) in [7, 11) is 1.53. The number of ether oxygens (including phenoxy) is 3. The Morgan fingerprint density at radius 2 is 1.84 bits per heavy atom. The van der Waals surface area contributed by atoms with Crippen LogP contribution in [0, 0.1) is 6.92 Å². The summed E-state index contributed by atoms with van der Waals surface area (Å²) in [6.07, 6.45) is -4.85. The van der Waals surface area contributed by atoms with E-state index in [4.69, 9.17) is 9.47 Å². The first-order chi connectivity index (χ1) is 15.2. The summed E-state index contributed by atoms with van der Waals surface area (Å²) in [4.78, 5) is 28.8. The molecule has 0 spiro atoms. The number of para-hydroxylation sites is 1. The molecule has 0 bridgehead atoms. The number of esters is 1. The predicted molar refractivity (Wildman–Crippen MR) is 108 cm³/mol. The third-order valence-corrected chi connectivity index (χ3v) is 4.44. The minimum absolute atomic E-state index is 0.120. The monoisotopic (exact) mass is 448 g/mol. The Hall–Kier alpha value is -3.82. The van der Waals surface area contributed by atoms with Gasteiger partial charge in [-0.3, -0.25) is 9.78 Å². The highest BCUT2D eigenvalue weighted by Gasteiger charge is 2.32. The lowest BCUT2D eigenvalue weighted by Crippen LogP contribution is -2.29. The van der Waals surface area contributed by atoms with E-state index in [1.54, 1.807) is 31.2 Å². The van der Waals surface area contributed by atoms with Crippen molar-refractivity contribution in [2.75, 3.05) is 13.7 Å². The van der Waals surface area contributed by atoms with Crippen molar-refractivity contribution in [3.8, 4) is 11.5 Å². The Kier molecular flexibility index (Phi) is 6.82. The number of rotatable bonds is 7. The largest absolute Gasteiger partial charge is 0.573 e. The molecule has 0 aliphatic rings. The summed E-state index contributed by atoms with van der Waals surface area (Å²) < 4.78 is 51.6. The van der Waals surface area contributed by atoms with Gasteiger partial charge in [-0.05, 0) is 31.2 Å². The van der Waals surface area contributed by atoms with Crippen LogP contribution in [0.3, 0.4) is 0 Å². The van der Waals surface area contributed by atoms with Gasteiger partial charge in [0, 0.05) is 23.6 Å². The topological polar surface area (TPSA) is 86.8 Å². The number of hydrogen-bond acceptors (Lipinski definition) is 6. The second-order valence-electron chi connectivity index (χ2n) is 6.69. The Morgan fingerprint density at radius 3 is 2.56 bits per heavy atom. The summed E-state index contributed by atoms with van der Waals surface area (Å²) in [6, 6.07) is 12.2. The number of aromatic nitrogens is 1. The van der Waals surface area contributed by atoms with Gasteiger partial charge >= 0.3 is 12.3 Å². The van der Waals surface area contributed by atoms with Gasteiger partial charge in [-0.1, -0.05) is 18.2 Å². The van der Waals surface area contributed by atoms with Gasteiger partial charge in [0.2, 0.25) is 0 Å². The molecule has 7 nitrogen and oxygen atoms in total. The van der Waals surface area contributed by atoms with Gasteiger partial charge in [-0.15, -0.1) is 13.2 Å². The molecule has 3 aromatic rings. The molecule has 10 heteroatoms. The van der Waals surface area contributed by atoms with Crippen LogP contribution < -0.4 is 14.8 Å². The standard InChI is InChI=1S/C22H19F3N2O5/c1-13-17(9-14-7-8-16(30-2)10-18(14)27-13)21(29)31-12-20(28)26-11-15-5-3-4-6-19(15)32-22(23,24)25/h3-10H,11-12H2,1-2H3,(H,26,28). The van der Waals surface area contributed by atoms with Gasteiger partial charge < -0.3 is 19.5 Å². The molecule has 0 fully saturated rings. The van der Waals surface area contributed by atoms with Gasteiger partial charge in [-0.2, -0.15) is 0 Å². The van der Waals surface area contributed by atoms with Crippen LogP contribution in [-0.4, -0.2) is 36.9 Å². The van der Waals surface area contributed by atoms with E-state index in [9.17, 15) is 22.8 Å². The van der Waals surface area contributed by atoms with Crippen molar-refractivity contribution >= 4 is 22.8 Å². The van der Waals surface area contributed by atoms with Crippen molar-refractivity contribution in [1.29, 1.82) is 0 Å². The molecule has 0 radical (unpaired) electrons. The molecule has 0 aliphatic carbocycles. The Bertz CT molecular complexity index is 1150. The maximum absolute atomic E-state index is 12.5. The zero-order valence-corrected chi connectivity index (χ0v) is 17.2. The van der Waals surface area contributed by atoms with Crippen LogP contribution in [0.1, 0.15) is 21.6 Å². The fraction of sp³-hybridized carbons (Fsp3) is 0.227. The van der Waals surface area contributed by atoms with Crippen molar-refractivity contribution in [3.05, 3.63) is 65.4 Å². The average Bonchev–Trinajstić information content (AvgIpc) is 2.74. The minimum Gasteiger partial charge on any atom is -0.497 e. The number of amides is 1. The molecular formula is C22H19F3N2O5.